The lowest BCUT2D eigenvalue weighted by Crippen LogP contribution is -2.26. The molecule has 0 radical (unpaired) electrons. The van der Waals surface area contributed by atoms with Crippen LogP contribution in [0.5, 0.6) is 0 Å². The van der Waals surface area contributed by atoms with E-state index in [0.29, 0.717) is 24.7 Å². The topological polar surface area (TPSA) is 49.7 Å². The van der Waals surface area contributed by atoms with Crippen molar-refractivity contribution >= 4 is 0 Å². The second-order valence-corrected chi connectivity index (χ2v) is 5.95. The van der Waals surface area contributed by atoms with Gasteiger partial charge in [0.2, 0.25) is 0 Å². The molecule has 0 aliphatic heterocycles. The molecule has 0 saturated carbocycles. The van der Waals surface area contributed by atoms with Crippen LogP contribution in [0.25, 0.3) is 0 Å². The Labute approximate surface area is 110 Å². The number of rotatable bonds is 2. The molecule has 0 bridgehead atoms. The van der Waals surface area contributed by atoms with Gasteiger partial charge in [0, 0.05) is 0 Å². The summed E-state index contributed by atoms with van der Waals surface area (Å²) >= 11 is 0. The molecule has 18 heavy (non-hydrogen) atoms. The highest BCUT2D eigenvalue weighted by Crippen LogP contribution is 2.28. The molecular formula is C15H26O3. The molecular weight excluding hydrogens is 228 g/mol. The molecule has 1 rings (SSSR count). The zero-order valence-corrected chi connectivity index (χ0v) is 11.7. The smallest absolute Gasteiger partial charge is 0.114 e. The fourth-order valence-corrected chi connectivity index (χ4v) is 2.33. The van der Waals surface area contributed by atoms with Crippen molar-refractivity contribution in [2.24, 2.45) is 11.8 Å². The van der Waals surface area contributed by atoms with Crippen LogP contribution >= 0.6 is 0 Å². The lowest BCUT2D eigenvalue weighted by atomic mass is 9.84. The highest BCUT2D eigenvalue weighted by Gasteiger charge is 2.24. The van der Waals surface area contributed by atoms with Crippen LogP contribution in [0.2, 0.25) is 0 Å². The van der Waals surface area contributed by atoms with Gasteiger partial charge >= 0.3 is 0 Å². The molecule has 2 N–H and O–H groups in total. The molecule has 0 aromatic heterocycles. The van der Waals surface area contributed by atoms with E-state index in [2.05, 4.69) is 31.4 Å². The molecule has 0 aromatic rings. The Hall–Kier alpha value is -0.640. The van der Waals surface area contributed by atoms with Gasteiger partial charge in [0.1, 0.15) is 6.10 Å². The summed E-state index contributed by atoms with van der Waals surface area (Å²) < 4.78 is 0. The third kappa shape index (κ3) is 4.56. The Morgan fingerprint density at radius 3 is 2.67 bits per heavy atom. The Bertz CT molecular complexity index is 305. The van der Waals surface area contributed by atoms with Crippen molar-refractivity contribution in [3.05, 3.63) is 24.3 Å². The minimum atomic E-state index is -0.846. The predicted molar refractivity (Wildman–Crippen MR) is 73.2 cm³/mol. The van der Waals surface area contributed by atoms with Crippen LogP contribution in [0.3, 0.4) is 0 Å². The van der Waals surface area contributed by atoms with Gasteiger partial charge in [0.05, 0.1) is 5.60 Å². The first-order valence-corrected chi connectivity index (χ1v) is 6.75. The van der Waals surface area contributed by atoms with E-state index in [1.54, 1.807) is 6.92 Å². The Kier molecular flexibility index (Phi) is 5.57. The highest BCUT2D eigenvalue weighted by atomic mass is 17.1. The van der Waals surface area contributed by atoms with Gasteiger partial charge in [-0.2, -0.15) is 0 Å². The van der Waals surface area contributed by atoms with E-state index in [1.807, 2.05) is 6.08 Å². The lowest BCUT2D eigenvalue weighted by molar-refractivity contribution is -0.271. The number of hydrogen-bond donors (Lipinski definition) is 2. The van der Waals surface area contributed by atoms with E-state index >= 15 is 0 Å². The van der Waals surface area contributed by atoms with Crippen molar-refractivity contribution in [3.63, 3.8) is 0 Å². The van der Waals surface area contributed by atoms with Gasteiger partial charge in [-0.1, -0.05) is 32.6 Å². The summed E-state index contributed by atoms with van der Waals surface area (Å²) in [5, 5.41) is 19.2. The molecule has 3 heteroatoms. The maximum atomic E-state index is 10.2. The summed E-state index contributed by atoms with van der Waals surface area (Å²) in [6, 6.07) is 0. The van der Waals surface area contributed by atoms with Crippen LogP contribution in [0, 0.1) is 11.8 Å². The van der Waals surface area contributed by atoms with E-state index in [0.717, 1.165) is 18.4 Å². The number of aliphatic hydroxyl groups is 1. The predicted octanol–water partition coefficient (Wildman–Crippen LogP) is 3.55. The average molecular weight is 254 g/mol. The Morgan fingerprint density at radius 1 is 1.44 bits per heavy atom. The molecule has 0 saturated heterocycles. The standard InChI is InChI=1S/C15H26O3/c1-11(2)13-6-5-12(3)14(18-17)8-10-15(4,16)9-7-13/h7,9,11,13-14,16-17H,3,5-6,8,10H2,1-2,4H3/b9-7-/t13-,14-,15-/m0/s1. The maximum Gasteiger partial charge on any atom is 0.114 e. The van der Waals surface area contributed by atoms with Gasteiger partial charge in [-0.05, 0) is 50.0 Å². The maximum absolute atomic E-state index is 10.2. The minimum Gasteiger partial charge on any atom is -0.386 e. The van der Waals surface area contributed by atoms with Gasteiger partial charge in [-0.3, -0.25) is 5.26 Å². The Morgan fingerprint density at radius 2 is 2.11 bits per heavy atom. The first kappa shape index (κ1) is 15.4. The third-order valence-electron chi connectivity index (χ3n) is 3.85. The van der Waals surface area contributed by atoms with Gasteiger partial charge in [0.15, 0.2) is 0 Å². The van der Waals surface area contributed by atoms with E-state index in [9.17, 15) is 5.11 Å². The summed E-state index contributed by atoms with van der Waals surface area (Å²) in [5.41, 5.74) is 0.0656. The van der Waals surface area contributed by atoms with Crippen LogP contribution in [0.1, 0.15) is 46.5 Å². The summed E-state index contributed by atoms with van der Waals surface area (Å²) in [4.78, 5) is 4.49. The summed E-state index contributed by atoms with van der Waals surface area (Å²) in [6.45, 7) is 10.1. The van der Waals surface area contributed by atoms with Crippen LogP contribution in [-0.2, 0) is 4.89 Å². The quantitative estimate of drug-likeness (QED) is 0.450. The van der Waals surface area contributed by atoms with Crippen molar-refractivity contribution in [2.75, 3.05) is 0 Å². The molecule has 0 aromatic carbocycles. The summed E-state index contributed by atoms with van der Waals surface area (Å²) in [5.74, 6) is 0.948. The van der Waals surface area contributed by atoms with Crippen molar-refractivity contribution in [2.45, 2.75) is 58.2 Å². The second kappa shape index (κ2) is 6.50. The van der Waals surface area contributed by atoms with Crippen molar-refractivity contribution < 1.29 is 15.3 Å². The SMILES string of the molecule is C=C1CC[C@H](C(C)C)/C=C\[C@](C)(O)CC[C@@H]1OO. The minimum absolute atomic E-state index is 0.365. The van der Waals surface area contributed by atoms with Gasteiger partial charge < -0.3 is 5.11 Å². The monoisotopic (exact) mass is 254 g/mol. The fraction of sp³-hybridized carbons (Fsp3) is 0.733. The normalized spacial score (nSPS) is 36.7. The van der Waals surface area contributed by atoms with E-state index in [-0.39, 0.29) is 6.10 Å². The molecule has 1 aliphatic carbocycles. The summed E-state index contributed by atoms with van der Waals surface area (Å²) in [7, 11) is 0. The number of hydrogen-bond acceptors (Lipinski definition) is 3. The molecule has 3 atom stereocenters. The largest absolute Gasteiger partial charge is 0.386 e. The van der Waals surface area contributed by atoms with Crippen molar-refractivity contribution in [1.29, 1.82) is 0 Å². The van der Waals surface area contributed by atoms with Crippen molar-refractivity contribution in [3.8, 4) is 0 Å². The van der Waals surface area contributed by atoms with Gasteiger partial charge in [0.25, 0.3) is 0 Å². The lowest BCUT2D eigenvalue weighted by Gasteiger charge is -2.27. The molecule has 104 valence electrons. The highest BCUT2D eigenvalue weighted by molar-refractivity contribution is 5.08. The molecule has 1 aliphatic rings. The van der Waals surface area contributed by atoms with Crippen LogP contribution in [-0.4, -0.2) is 22.1 Å². The molecule has 3 nitrogen and oxygen atoms in total. The van der Waals surface area contributed by atoms with E-state index in [4.69, 9.17) is 5.26 Å². The van der Waals surface area contributed by atoms with E-state index in [1.165, 1.54) is 0 Å². The Balaban J connectivity index is 2.86. The van der Waals surface area contributed by atoms with Crippen LogP contribution in [0.4, 0.5) is 0 Å². The molecule has 0 fully saturated rings. The first-order chi connectivity index (χ1) is 8.35. The zero-order chi connectivity index (χ0) is 13.8. The summed E-state index contributed by atoms with van der Waals surface area (Å²) in [6.07, 6.45) is 6.61. The van der Waals surface area contributed by atoms with Crippen molar-refractivity contribution in [1.82, 2.24) is 0 Å². The zero-order valence-electron chi connectivity index (χ0n) is 11.7. The third-order valence-corrected chi connectivity index (χ3v) is 3.85. The molecule has 0 spiro atoms. The van der Waals surface area contributed by atoms with Crippen LogP contribution < -0.4 is 0 Å². The van der Waals surface area contributed by atoms with E-state index < -0.39 is 5.60 Å². The fourth-order valence-electron chi connectivity index (χ4n) is 2.33. The molecule has 0 amide bonds. The van der Waals surface area contributed by atoms with Gasteiger partial charge in [-0.15, -0.1) is 0 Å². The second-order valence-electron chi connectivity index (χ2n) is 5.95. The molecule has 0 unspecified atom stereocenters. The van der Waals surface area contributed by atoms with Crippen LogP contribution in [0.15, 0.2) is 24.3 Å². The average Bonchev–Trinajstić information content (AvgIpc) is 2.28. The van der Waals surface area contributed by atoms with Gasteiger partial charge in [-0.25, -0.2) is 4.89 Å². The molecule has 0 heterocycles. The first-order valence-electron chi connectivity index (χ1n) is 6.75. The number of allylic oxidation sites excluding steroid dienone is 1.